The third-order valence-corrected chi connectivity index (χ3v) is 2.52. The molecule has 1 rings (SSSR count). The third-order valence-electron chi connectivity index (χ3n) is 2.52. The van der Waals surface area contributed by atoms with Gasteiger partial charge >= 0.3 is 18.0 Å². The fraction of sp³-hybridized carbons (Fsp3) is 0.267. The average Bonchev–Trinajstić information content (AvgIpc) is 2.49. The zero-order valence-corrected chi connectivity index (χ0v) is 12.1. The van der Waals surface area contributed by atoms with Crippen LogP contribution in [-0.2, 0) is 20.9 Å². The summed E-state index contributed by atoms with van der Waals surface area (Å²) in [5.41, 5.74) is 1.11. The maximum atomic E-state index is 11.4. The zero-order chi connectivity index (χ0) is 16.5. The molecule has 1 amide bonds. The standard InChI is InChI=1S/C15H17NO6/c1-10(2)14(19)21-8-7-16-15(20)22-9-11-3-5-12(6-4-11)13(17)18/h3-6H,1,7-9H2,2H3,(H,16,20)(H,17,18). The Morgan fingerprint density at radius 2 is 1.82 bits per heavy atom. The van der Waals surface area contributed by atoms with E-state index in [1.807, 2.05) is 0 Å². The second-order valence-corrected chi connectivity index (χ2v) is 4.42. The number of hydrogen-bond acceptors (Lipinski definition) is 5. The van der Waals surface area contributed by atoms with Crippen LogP contribution in [0.2, 0.25) is 0 Å². The number of esters is 1. The van der Waals surface area contributed by atoms with E-state index in [0.717, 1.165) is 0 Å². The molecule has 0 fully saturated rings. The SMILES string of the molecule is C=C(C)C(=O)OCCNC(=O)OCc1ccc(C(=O)O)cc1. The number of hydrogen-bond donors (Lipinski definition) is 2. The minimum Gasteiger partial charge on any atom is -0.478 e. The van der Waals surface area contributed by atoms with Crippen LogP contribution in [0.5, 0.6) is 0 Å². The van der Waals surface area contributed by atoms with E-state index in [4.69, 9.17) is 14.6 Å². The van der Waals surface area contributed by atoms with Crippen molar-refractivity contribution >= 4 is 18.0 Å². The van der Waals surface area contributed by atoms with Crippen LogP contribution in [0.4, 0.5) is 4.79 Å². The fourth-order valence-corrected chi connectivity index (χ4v) is 1.36. The molecule has 22 heavy (non-hydrogen) atoms. The van der Waals surface area contributed by atoms with Crippen molar-refractivity contribution in [3.05, 3.63) is 47.5 Å². The van der Waals surface area contributed by atoms with Gasteiger partial charge in [-0.15, -0.1) is 0 Å². The molecule has 0 saturated heterocycles. The van der Waals surface area contributed by atoms with Crippen LogP contribution < -0.4 is 5.32 Å². The number of aromatic carboxylic acids is 1. The largest absolute Gasteiger partial charge is 0.478 e. The molecule has 0 unspecified atom stereocenters. The molecule has 0 spiro atoms. The molecule has 2 N–H and O–H groups in total. The van der Waals surface area contributed by atoms with Crippen LogP contribution >= 0.6 is 0 Å². The van der Waals surface area contributed by atoms with Crippen LogP contribution in [0.3, 0.4) is 0 Å². The number of amides is 1. The lowest BCUT2D eigenvalue weighted by Crippen LogP contribution is -2.28. The first kappa shape index (κ1) is 17.2. The molecule has 0 radical (unpaired) electrons. The number of nitrogens with one attached hydrogen (secondary N) is 1. The molecule has 7 nitrogen and oxygen atoms in total. The van der Waals surface area contributed by atoms with Crippen LogP contribution in [0.25, 0.3) is 0 Å². The summed E-state index contributed by atoms with van der Waals surface area (Å²) in [4.78, 5) is 33.1. The fourth-order valence-electron chi connectivity index (χ4n) is 1.36. The van der Waals surface area contributed by atoms with Crippen molar-refractivity contribution in [3.8, 4) is 0 Å². The molecular weight excluding hydrogens is 290 g/mol. The van der Waals surface area contributed by atoms with E-state index < -0.39 is 18.0 Å². The summed E-state index contributed by atoms with van der Waals surface area (Å²) < 4.78 is 9.72. The Balaban J connectivity index is 2.24. The molecule has 0 aromatic heterocycles. The molecule has 7 heteroatoms. The zero-order valence-electron chi connectivity index (χ0n) is 12.1. The minimum absolute atomic E-state index is 0.0112. The monoisotopic (exact) mass is 307 g/mol. The maximum Gasteiger partial charge on any atom is 0.407 e. The van der Waals surface area contributed by atoms with E-state index in [0.29, 0.717) is 5.56 Å². The molecule has 1 aromatic rings. The first-order chi connectivity index (χ1) is 10.4. The van der Waals surface area contributed by atoms with Crippen molar-refractivity contribution in [2.45, 2.75) is 13.5 Å². The number of carbonyl (C=O) groups is 3. The quantitative estimate of drug-likeness (QED) is 0.452. The maximum absolute atomic E-state index is 11.4. The second kappa shape index (κ2) is 8.46. The van der Waals surface area contributed by atoms with E-state index in [1.54, 1.807) is 12.1 Å². The predicted octanol–water partition coefficient (Wildman–Crippen LogP) is 1.73. The summed E-state index contributed by atoms with van der Waals surface area (Å²) in [7, 11) is 0. The van der Waals surface area contributed by atoms with Gasteiger partial charge in [0.2, 0.25) is 0 Å². The Kier molecular flexibility index (Phi) is 6.62. The number of benzene rings is 1. The molecule has 1 aromatic carbocycles. The van der Waals surface area contributed by atoms with Crippen LogP contribution in [0, 0.1) is 0 Å². The topological polar surface area (TPSA) is 102 Å². The summed E-state index contributed by atoms with van der Waals surface area (Å²) >= 11 is 0. The van der Waals surface area contributed by atoms with Gasteiger partial charge in [-0.2, -0.15) is 0 Å². The van der Waals surface area contributed by atoms with Crippen molar-refractivity contribution in [1.82, 2.24) is 5.32 Å². The molecule has 0 aliphatic rings. The van der Waals surface area contributed by atoms with Gasteiger partial charge in [0.25, 0.3) is 0 Å². The van der Waals surface area contributed by atoms with Crippen LogP contribution in [0.1, 0.15) is 22.8 Å². The van der Waals surface area contributed by atoms with E-state index >= 15 is 0 Å². The highest BCUT2D eigenvalue weighted by atomic mass is 16.6. The van der Waals surface area contributed by atoms with E-state index in [-0.39, 0.29) is 30.9 Å². The Morgan fingerprint density at radius 1 is 1.18 bits per heavy atom. The van der Waals surface area contributed by atoms with Crippen LogP contribution in [0.15, 0.2) is 36.4 Å². The smallest absolute Gasteiger partial charge is 0.407 e. The Morgan fingerprint density at radius 3 is 2.36 bits per heavy atom. The van der Waals surface area contributed by atoms with Gasteiger partial charge in [-0.25, -0.2) is 14.4 Å². The molecule has 0 heterocycles. The summed E-state index contributed by atoms with van der Waals surface area (Å²) in [5, 5.41) is 11.2. The molecule has 0 aliphatic carbocycles. The normalized spacial score (nSPS) is 9.68. The first-order valence-electron chi connectivity index (χ1n) is 6.45. The lowest BCUT2D eigenvalue weighted by Gasteiger charge is -2.08. The van der Waals surface area contributed by atoms with Crippen molar-refractivity contribution < 1.29 is 29.0 Å². The highest BCUT2D eigenvalue weighted by molar-refractivity contribution is 5.87. The van der Waals surface area contributed by atoms with E-state index in [1.165, 1.54) is 19.1 Å². The third kappa shape index (κ3) is 6.08. The summed E-state index contributed by atoms with van der Waals surface area (Å²) in [6.07, 6.45) is -0.659. The number of carboxylic acids is 1. The van der Waals surface area contributed by atoms with Gasteiger partial charge in [0.05, 0.1) is 12.1 Å². The molecular formula is C15H17NO6. The van der Waals surface area contributed by atoms with Crippen molar-refractivity contribution in [3.63, 3.8) is 0 Å². The van der Waals surface area contributed by atoms with Gasteiger partial charge in [-0.3, -0.25) is 0 Å². The predicted molar refractivity (Wildman–Crippen MR) is 77.4 cm³/mol. The van der Waals surface area contributed by atoms with E-state index in [9.17, 15) is 14.4 Å². The van der Waals surface area contributed by atoms with Gasteiger partial charge in [0.1, 0.15) is 13.2 Å². The molecule has 0 saturated carbocycles. The number of rotatable bonds is 7. The lowest BCUT2D eigenvalue weighted by atomic mass is 10.1. The Bertz CT molecular complexity index is 564. The van der Waals surface area contributed by atoms with Gasteiger partial charge in [0, 0.05) is 5.57 Å². The number of carboxylic acid groups (broad SMARTS) is 1. The lowest BCUT2D eigenvalue weighted by molar-refractivity contribution is -0.138. The molecule has 118 valence electrons. The second-order valence-electron chi connectivity index (χ2n) is 4.42. The average molecular weight is 307 g/mol. The summed E-state index contributed by atoms with van der Waals surface area (Å²) in [6, 6.07) is 5.97. The Hall–Kier alpha value is -2.83. The number of alkyl carbamates (subject to hydrolysis) is 1. The highest BCUT2D eigenvalue weighted by Crippen LogP contribution is 2.05. The van der Waals surface area contributed by atoms with E-state index in [2.05, 4.69) is 11.9 Å². The van der Waals surface area contributed by atoms with Crippen molar-refractivity contribution in [2.24, 2.45) is 0 Å². The van der Waals surface area contributed by atoms with Crippen molar-refractivity contribution in [1.29, 1.82) is 0 Å². The number of carbonyl (C=O) groups excluding carboxylic acids is 2. The van der Waals surface area contributed by atoms with Gasteiger partial charge in [-0.05, 0) is 24.6 Å². The Labute approximate surface area is 127 Å². The summed E-state index contributed by atoms with van der Waals surface area (Å²) in [5.74, 6) is -1.54. The molecule has 0 atom stereocenters. The van der Waals surface area contributed by atoms with Gasteiger partial charge < -0.3 is 19.9 Å². The first-order valence-corrected chi connectivity index (χ1v) is 6.45. The molecule has 0 bridgehead atoms. The summed E-state index contributed by atoms with van der Waals surface area (Å²) in [6.45, 7) is 5.11. The molecule has 0 aliphatic heterocycles. The highest BCUT2D eigenvalue weighted by Gasteiger charge is 2.06. The van der Waals surface area contributed by atoms with Crippen LogP contribution in [-0.4, -0.2) is 36.3 Å². The number of ether oxygens (including phenoxy) is 2. The van der Waals surface area contributed by atoms with Gasteiger partial charge in [0.15, 0.2) is 0 Å². The van der Waals surface area contributed by atoms with Gasteiger partial charge in [-0.1, -0.05) is 18.7 Å². The van der Waals surface area contributed by atoms with Crippen molar-refractivity contribution in [2.75, 3.05) is 13.2 Å². The minimum atomic E-state index is -1.02.